The fraction of sp³-hybridized carbons (Fsp3) is 0.125. The second-order valence-electron chi connectivity index (χ2n) is 4.89. The zero-order chi connectivity index (χ0) is 14.8. The number of para-hydroxylation sites is 1. The summed E-state index contributed by atoms with van der Waals surface area (Å²) in [6.45, 7) is 0. The Labute approximate surface area is 127 Å². The van der Waals surface area contributed by atoms with Crippen LogP contribution in [0, 0.1) is 0 Å². The van der Waals surface area contributed by atoms with E-state index in [4.69, 9.17) is 11.6 Å². The zero-order valence-electron chi connectivity index (χ0n) is 11.1. The molecular weight excluding hydrogens is 288 g/mol. The highest BCUT2D eigenvalue weighted by atomic mass is 35.5. The van der Waals surface area contributed by atoms with Gasteiger partial charge in [-0.2, -0.15) is 0 Å². The lowest BCUT2D eigenvalue weighted by Crippen LogP contribution is -2.30. The molecule has 0 radical (unpaired) electrons. The molecule has 2 N–H and O–H groups in total. The first-order valence-corrected chi connectivity index (χ1v) is 6.96. The summed E-state index contributed by atoms with van der Waals surface area (Å²) < 4.78 is 0. The molecule has 1 aliphatic heterocycles. The molecule has 0 fully saturated rings. The first-order chi connectivity index (χ1) is 10.1. The zero-order valence-corrected chi connectivity index (χ0v) is 11.9. The van der Waals surface area contributed by atoms with Gasteiger partial charge < -0.3 is 10.6 Å². The minimum absolute atomic E-state index is 0.142. The van der Waals surface area contributed by atoms with E-state index in [9.17, 15) is 9.59 Å². The van der Waals surface area contributed by atoms with E-state index in [0.29, 0.717) is 16.4 Å². The van der Waals surface area contributed by atoms with Gasteiger partial charge >= 0.3 is 0 Å². The SMILES string of the molecule is O=C1CC(C(=O)Nc2cccc(Cl)c2)c2ccccc2N1. The molecule has 1 aliphatic rings. The summed E-state index contributed by atoms with van der Waals surface area (Å²) in [6, 6.07) is 14.3. The standard InChI is InChI=1S/C16H13ClN2O2/c17-10-4-3-5-11(8-10)18-16(21)13-9-15(20)19-14-7-2-1-6-12(13)14/h1-8,13H,9H2,(H,18,21)(H,19,20). The monoisotopic (exact) mass is 300 g/mol. The van der Waals surface area contributed by atoms with E-state index < -0.39 is 5.92 Å². The Bertz CT molecular complexity index is 715. The van der Waals surface area contributed by atoms with Gasteiger partial charge in [-0.05, 0) is 29.8 Å². The van der Waals surface area contributed by atoms with E-state index in [1.54, 1.807) is 30.3 Å². The van der Waals surface area contributed by atoms with E-state index in [1.807, 2.05) is 18.2 Å². The number of anilines is 2. The van der Waals surface area contributed by atoms with Gasteiger partial charge in [-0.15, -0.1) is 0 Å². The molecular formula is C16H13ClN2O2. The summed E-state index contributed by atoms with van der Waals surface area (Å²) in [4.78, 5) is 24.2. The summed E-state index contributed by atoms with van der Waals surface area (Å²) >= 11 is 5.90. The molecule has 1 heterocycles. The molecule has 5 heteroatoms. The number of benzene rings is 2. The van der Waals surface area contributed by atoms with Gasteiger partial charge in [-0.3, -0.25) is 9.59 Å². The molecule has 0 saturated heterocycles. The number of fused-ring (bicyclic) bond motifs is 1. The van der Waals surface area contributed by atoms with Crippen LogP contribution in [0.1, 0.15) is 17.9 Å². The molecule has 2 amide bonds. The summed E-state index contributed by atoms with van der Waals surface area (Å²) in [5.41, 5.74) is 2.15. The van der Waals surface area contributed by atoms with Crippen LogP contribution in [-0.4, -0.2) is 11.8 Å². The smallest absolute Gasteiger partial charge is 0.232 e. The van der Waals surface area contributed by atoms with Gasteiger partial charge in [-0.25, -0.2) is 0 Å². The minimum Gasteiger partial charge on any atom is -0.326 e. The van der Waals surface area contributed by atoms with Crippen molar-refractivity contribution in [3.05, 3.63) is 59.1 Å². The van der Waals surface area contributed by atoms with Gasteiger partial charge in [-0.1, -0.05) is 35.9 Å². The Morgan fingerprint density at radius 3 is 2.81 bits per heavy atom. The first kappa shape index (κ1) is 13.6. The molecule has 4 nitrogen and oxygen atoms in total. The van der Waals surface area contributed by atoms with Crippen LogP contribution in [0.25, 0.3) is 0 Å². The molecule has 3 rings (SSSR count). The summed E-state index contributed by atoms with van der Waals surface area (Å²) in [5.74, 6) is -0.853. The first-order valence-electron chi connectivity index (χ1n) is 6.59. The summed E-state index contributed by atoms with van der Waals surface area (Å²) in [5, 5.41) is 6.14. The average molecular weight is 301 g/mol. The molecule has 2 aromatic rings. The number of hydrogen-bond acceptors (Lipinski definition) is 2. The van der Waals surface area contributed by atoms with Crippen molar-refractivity contribution in [2.45, 2.75) is 12.3 Å². The number of halogens is 1. The van der Waals surface area contributed by atoms with Gasteiger partial charge in [0.15, 0.2) is 0 Å². The van der Waals surface area contributed by atoms with Crippen molar-refractivity contribution in [1.82, 2.24) is 0 Å². The van der Waals surface area contributed by atoms with E-state index in [0.717, 1.165) is 5.56 Å². The fourth-order valence-electron chi connectivity index (χ4n) is 2.44. The summed E-state index contributed by atoms with van der Waals surface area (Å²) in [6.07, 6.45) is 0.142. The fourth-order valence-corrected chi connectivity index (χ4v) is 2.63. The number of carbonyl (C=O) groups is 2. The normalized spacial score (nSPS) is 16.8. The predicted octanol–water partition coefficient (Wildman–Crippen LogP) is 3.40. The van der Waals surface area contributed by atoms with Gasteiger partial charge in [0.2, 0.25) is 11.8 Å². The largest absolute Gasteiger partial charge is 0.326 e. The Balaban J connectivity index is 1.86. The van der Waals surface area contributed by atoms with Crippen LogP contribution in [-0.2, 0) is 9.59 Å². The molecule has 0 saturated carbocycles. The highest BCUT2D eigenvalue weighted by Crippen LogP contribution is 2.32. The van der Waals surface area contributed by atoms with E-state index in [-0.39, 0.29) is 18.2 Å². The molecule has 0 aromatic heterocycles. The second-order valence-corrected chi connectivity index (χ2v) is 5.33. The second kappa shape index (κ2) is 5.58. The maximum Gasteiger partial charge on any atom is 0.232 e. The van der Waals surface area contributed by atoms with E-state index in [1.165, 1.54) is 0 Å². The molecule has 0 spiro atoms. The molecule has 0 aliphatic carbocycles. The molecule has 21 heavy (non-hydrogen) atoms. The molecule has 0 bridgehead atoms. The van der Waals surface area contributed by atoms with Gasteiger partial charge in [0.1, 0.15) is 0 Å². The molecule has 1 atom stereocenters. The quantitative estimate of drug-likeness (QED) is 0.893. The number of amides is 2. The third kappa shape index (κ3) is 2.90. The third-order valence-electron chi connectivity index (χ3n) is 3.41. The number of carbonyl (C=O) groups excluding carboxylic acids is 2. The van der Waals surface area contributed by atoms with Crippen LogP contribution in [0.15, 0.2) is 48.5 Å². The maximum atomic E-state index is 12.5. The number of hydrogen-bond donors (Lipinski definition) is 2. The number of rotatable bonds is 2. The molecule has 106 valence electrons. The van der Waals surface area contributed by atoms with Crippen LogP contribution in [0.4, 0.5) is 11.4 Å². The average Bonchev–Trinajstić information content (AvgIpc) is 2.46. The Morgan fingerprint density at radius 1 is 1.19 bits per heavy atom. The number of nitrogens with one attached hydrogen (secondary N) is 2. The van der Waals surface area contributed by atoms with Crippen LogP contribution in [0.3, 0.4) is 0 Å². The molecule has 1 unspecified atom stereocenters. The lowest BCUT2D eigenvalue weighted by molar-refractivity contribution is -0.123. The van der Waals surface area contributed by atoms with Crippen molar-refractivity contribution < 1.29 is 9.59 Å². The van der Waals surface area contributed by atoms with Crippen molar-refractivity contribution in [3.63, 3.8) is 0 Å². The van der Waals surface area contributed by atoms with Crippen molar-refractivity contribution in [2.75, 3.05) is 10.6 Å². The van der Waals surface area contributed by atoms with Gasteiger partial charge in [0.05, 0.1) is 5.92 Å². The highest BCUT2D eigenvalue weighted by molar-refractivity contribution is 6.30. The van der Waals surface area contributed by atoms with E-state index >= 15 is 0 Å². The van der Waals surface area contributed by atoms with E-state index in [2.05, 4.69) is 10.6 Å². The Hall–Kier alpha value is -2.33. The van der Waals surface area contributed by atoms with Crippen LogP contribution in [0.2, 0.25) is 5.02 Å². The van der Waals surface area contributed by atoms with Crippen LogP contribution >= 0.6 is 11.6 Å². The Kier molecular flexibility index (Phi) is 3.62. The lowest BCUT2D eigenvalue weighted by Gasteiger charge is -2.24. The van der Waals surface area contributed by atoms with Gasteiger partial charge in [0, 0.05) is 22.8 Å². The van der Waals surface area contributed by atoms with Crippen molar-refractivity contribution in [1.29, 1.82) is 0 Å². The third-order valence-corrected chi connectivity index (χ3v) is 3.64. The van der Waals surface area contributed by atoms with Crippen molar-refractivity contribution in [3.8, 4) is 0 Å². The van der Waals surface area contributed by atoms with Crippen molar-refractivity contribution in [2.24, 2.45) is 0 Å². The van der Waals surface area contributed by atoms with Gasteiger partial charge in [0.25, 0.3) is 0 Å². The Morgan fingerprint density at radius 2 is 2.00 bits per heavy atom. The predicted molar refractivity (Wildman–Crippen MR) is 82.5 cm³/mol. The summed E-state index contributed by atoms with van der Waals surface area (Å²) in [7, 11) is 0. The van der Waals surface area contributed by atoms with Crippen molar-refractivity contribution >= 4 is 34.8 Å². The molecule has 2 aromatic carbocycles. The van der Waals surface area contributed by atoms with Crippen LogP contribution in [0.5, 0.6) is 0 Å². The lowest BCUT2D eigenvalue weighted by atomic mass is 9.90. The maximum absolute atomic E-state index is 12.5. The minimum atomic E-state index is -0.492. The topological polar surface area (TPSA) is 58.2 Å². The van der Waals surface area contributed by atoms with Crippen LogP contribution < -0.4 is 10.6 Å². The highest BCUT2D eigenvalue weighted by Gasteiger charge is 2.30.